The predicted octanol–water partition coefficient (Wildman–Crippen LogP) is 1.42. The third-order valence-electron chi connectivity index (χ3n) is 3.44. The maximum atomic E-state index is 12.5. The number of hydrogen-bond donors (Lipinski definition) is 0. The van der Waals surface area contributed by atoms with Crippen molar-refractivity contribution in [1.29, 1.82) is 0 Å². The zero-order chi connectivity index (χ0) is 15.3. The summed E-state index contributed by atoms with van der Waals surface area (Å²) in [6.45, 7) is 3.84. The van der Waals surface area contributed by atoms with Crippen LogP contribution in [0.15, 0.2) is 16.9 Å². The van der Waals surface area contributed by atoms with E-state index in [-0.39, 0.29) is 18.0 Å². The van der Waals surface area contributed by atoms with E-state index in [4.69, 9.17) is 0 Å². The highest BCUT2D eigenvalue weighted by Crippen LogP contribution is 2.27. The summed E-state index contributed by atoms with van der Waals surface area (Å²) in [5.74, 6) is 0.543. The van der Waals surface area contributed by atoms with Crippen molar-refractivity contribution in [2.45, 2.75) is 20.4 Å². The van der Waals surface area contributed by atoms with Gasteiger partial charge in [0.25, 0.3) is 5.56 Å². The van der Waals surface area contributed by atoms with Crippen LogP contribution in [0.3, 0.4) is 0 Å². The average Bonchev–Trinajstić information content (AvgIpc) is 2.91. The van der Waals surface area contributed by atoms with Gasteiger partial charge >= 0.3 is 0 Å². The Morgan fingerprint density at radius 2 is 2.00 bits per heavy atom. The molecule has 0 saturated heterocycles. The van der Waals surface area contributed by atoms with E-state index >= 15 is 0 Å². The van der Waals surface area contributed by atoms with E-state index in [1.54, 1.807) is 25.4 Å². The molecule has 0 radical (unpaired) electrons. The number of carbonyl (C=O) groups is 1. The maximum absolute atomic E-state index is 12.5. The van der Waals surface area contributed by atoms with Crippen molar-refractivity contribution in [2.24, 2.45) is 0 Å². The SMILES string of the molecule is Cc1cc2c(cc3c(=O)n(CC(=O)N(C)C)nc(C)n32)s1. The van der Waals surface area contributed by atoms with Crippen LogP contribution in [0.5, 0.6) is 0 Å². The lowest BCUT2D eigenvalue weighted by Gasteiger charge is -2.12. The van der Waals surface area contributed by atoms with Crippen molar-refractivity contribution in [3.8, 4) is 0 Å². The summed E-state index contributed by atoms with van der Waals surface area (Å²) in [4.78, 5) is 27.0. The lowest BCUT2D eigenvalue weighted by Crippen LogP contribution is -2.34. The Bertz CT molecular complexity index is 916. The molecule has 0 aromatic carbocycles. The molecular formula is C14H16N4O2S. The number of carbonyl (C=O) groups excluding carboxylic acids is 1. The van der Waals surface area contributed by atoms with Crippen molar-refractivity contribution in [3.05, 3.63) is 33.2 Å². The second-order valence-corrected chi connectivity index (χ2v) is 6.56. The summed E-state index contributed by atoms with van der Waals surface area (Å²) in [6, 6.07) is 3.93. The molecule has 3 heterocycles. The number of amides is 1. The number of aromatic nitrogens is 3. The van der Waals surface area contributed by atoms with Crippen LogP contribution in [-0.2, 0) is 11.3 Å². The van der Waals surface area contributed by atoms with Crippen LogP contribution in [0.25, 0.3) is 15.7 Å². The van der Waals surface area contributed by atoms with Crippen LogP contribution >= 0.6 is 11.3 Å². The van der Waals surface area contributed by atoms with Crippen LogP contribution in [0, 0.1) is 13.8 Å². The molecule has 21 heavy (non-hydrogen) atoms. The monoisotopic (exact) mass is 304 g/mol. The van der Waals surface area contributed by atoms with Crippen molar-refractivity contribution < 1.29 is 4.79 Å². The molecule has 0 aliphatic rings. The Morgan fingerprint density at radius 1 is 1.29 bits per heavy atom. The molecule has 0 aliphatic heterocycles. The van der Waals surface area contributed by atoms with Gasteiger partial charge in [0.1, 0.15) is 17.9 Å². The molecule has 0 N–H and O–H groups in total. The number of fused-ring (bicyclic) bond motifs is 3. The summed E-state index contributed by atoms with van der Waals surface area (Å²) in [7, 11) is 3.32. The second kappa shape index (κ2) is 4.70. The van der Waals surface area contributed by atoms with E-state index in [0.29, 0.717) is 11.3 Å². The molecule has 6 nitrogen and oxygen atoms in total. The Labute approximate surface area is 125 Å². The van der Waals surface area contributed by atoms with E-state index in [0.717, 1.165) is 10.2 Å². The minimum Gasteiger partial charge on any atom is -0.347 e. The Hall–Kier alpha value is -2.15. The highest BCUT2D eigenvalue weighted by molar-refractivity contribution is 7.19. The first-order valence-corrected chi connectivity index (χ1v) is 7.39. The lowest BCUT2D eigenvalue weighted by atomic mass is 10.4. The zero-order valence-electron chi connectivity index (χ0n) is 12.4. The number of hydrogen-bond acceptors (Lipinski definition) is 4. The molecule has 0 atom stereocenters. The van der Waals surface area contributed by atoms with Gasteiger partial charge in [-0.25, -0.2) is 4.68 Å². The van der Waals surface area contributed by atoms with E-state index in [2.05, 4.69) is 11.2 Å². The van der Waals surface area contributed by atoms with Crippen LogP contribution in [0.1, 0.15) is 10.7 Å². The summed E-state index contributed by atoms with van der Waals surface area (Å²) in [5, 5.41) is 4.28. The molecule has 0 saturated carbocycles. The number of likely N-dealkylation sites (N-methyl/N-ethyl adjacent to an activating group) is 1. The van der Waals surface area contributed by atoms with Crippen LogP contribution in [0.4, 0.5) is 0 Å². The van der Waals surface area contributed by atoms with Gasteiger partial charge in [0, 0.05) is 19.0 Å². The Morgan fingerprint density at radius 3 is 2.67 bits per heavy atom. The van der Waals surface area contributed by atoms with E-state index in [1.807, 2.05) is 24.3 Å². The van der Waals surface area contributed by atoms with Gasteiger partial charge in [-0.1, -0.05) is 0 Å². The smallest absolute Gasteiger partial charge is 0.291 e. The highest BCUT2D eigenvalue weighted by atomic mass is 32.1. The molecule has 0 spiro atoms. The summed E-state index contributed by atoms with van der Waals surface area (Å²) >= 11 is 1.65. The fourth-order valence-electron chi connectivity index (χ4n) is 2.40. The fraction of sp³-hybridized carbons (Fsp3) is 0.357. The first kappa shape index (κ1) is 13.8. The number of nitrogens with zero attached hydrogens (tertiary/aromatic N) is 4. The van der Waals surface area contributed by atoms with E-state index in [9.17, 15) is 9.59 Å². The van der Waals surface area contributed by atoms with Gasteiger partial charge in [-0.05, 0) is 26.0 Å². The molecule has 3 rings (SSSR count). The van der Waals surface area contributed by atoms with E-state index in [1.165, 1.54) is 14.5 Å². The van der Waals surface area contributed by atoms with Gasteiger partial charge in [0.15, 0.2) is 0 Å². The largest absolute Gasteiger partial charge is 0.347 e. The van der Waals surface area contributed by atoms with Crippen LogP contribution in [0.2, 0.25) is 0 Å². The molecule has 110 valence electrons. The lowest BCUT2D eigenvalue weighted by molar-refractivity contribution is -0.129. The quantitative estimate of drug-likeness (QED) is 0.719. The molecule has 0 aliphatic carbocycles. The van der Waals surface area contributed by atoms with Crippen LogP contribution < -0.4 is 5.56 Å². The molecule has 3 aromatic rings. The maximum Gasteiger partial charge on any atom is 0.291 e. The number of rotatable bonds is 2. The summed E-state index contributed by atoms with van der Waals surface area (Å²) in [5.41, 5.74) is 1.33. The molecule has 7 heteroatoms. The average molecular weight is 304 g/mol. The summed E-state index contributed by atoms with van der Waals surface area (Å²) in [6.07, 6.45) is 0. The first-order valence-electron chi connectivity index (χ1n) is 6.58. The summed E-state index contributed by atoms with van der Waals surface area (Å²) < 4.78 is 4.16. The fourth-order valence-corrected chi connectivity index (χ4v) is 3.34. The Balaban J connectivity index is 2.24. The van der Waals surface area contributed by atoms with Crippen molar-refractivity contribution in [3.63, 3.8) is 0 Å². The van der Waals surface area contributed by atoms with Gasteiger partial charge in [-0.2, -0.15) is 5.10 Å². The van der Waals surface area contributed by atoms with E-state index < -0.39 is 0 Å². The van der Waals surface area contributed by atoms with Gasteiger partial charge in [-0.15, -0.1) is 11.3 Å². The number of aryl methyl sites for hydroxylation is 2. The topological polar surface area (TPSA) is 59.6 Å². The molecule has 0 unspecified atom stereocenters. The molecule has 0 fully saturated rings. The van der Waals surface area contributed by atoms with Crippen molar-refractivity contribution >= 4 is 33.0 Å². The molecule has 3 aromatic heterocycles. The number of thiophene rings is 1. The standard InChI is InChI=1S/C14H16N4O2S/c1-8-5-10-12(21-8)6-11-14(20)17(7-13(19)16(3)4)15-9(2)18(10)11/h5-6H,7H2,1-4H3. The first-order chi connectivity index (χ1) is 9.88. The zero-order valence-corrected chi connectivity index (χ0v) is 13.2. The van der Waals surface area contributed by atoms with Crippen LogP contribution in [-0.4, -0.2) is 39.1 Å². The van der Waals surface area contributed by atoms with Gasteiger partial charge < -0.3 is 4.90 Å². The minimum atomic E-state index is -0.239. The van der Waals surface area contributed by atoms with Gasteiger partial charge in [-0.3, -0.25) is 14.0 Å². The molecule has 0 bridgehead atoms. The second-order valence-electron chi connectivity index (χ2n) is 5.27. The minimum absolute atomic E-state index is 0.0406. The van der Waals surface area contributed by atoms with Crippen molar-refractivity contribution in [1.82, 2.24) is 19.1 Å². The van der Waals surface area contributed by atoms with Gasteiger partial charge in [0.05, 0.1) is 10.2 Å². The normalized spacial score (nSPS) is 11.4. The highest BCUT2D eigenvalue weighted by Gasteiger charge is 2.15. The molecule has 1 amide bonds. The molecular weight excluding hydrogens is 288 g/mol. The predicted molar refractivity (Wildman–Crippen MR) is 83.0 cm³/mol. The third kappa shape index (κ3) is 2.13. The van der Waals surface area contributed by atoms with Crippen molar-refractivity contribution in [2.75, 3.05) is 14.1 Å². The Kier molecular flexibility index (Phi) is 3.09. The van der Waals surface area contributed by atoms with Gasteiger partial charge in [0.2, 0.25) is 5.91 Å². The third-order valence-corrected chi connectivity index (χ3v) is 4.43.